The topological polar surface area (TPSA) is 97.0 Å². The van der Waals surface area contributed by atoms with Gasteiger partial charge in [0.25, 0.3) is 0 Å². The van der Waals surface area contributed by atoms with Gasteiger partial charge in [0.1, 0.15) is 6.10 Å². The van der Waals surface area contributed by atoms with E-state index in [4.69, 9.17) is 9.47 Å². The maximum Gasteiger partial charge on any atom is 0.186 e. The number of carbonyl (C=O) groups excluding carboxylic acids is 1. The first-order valence-corrected chi connectivity index (χ1v) is 10.3. The Labute approximate surface area is 170 Å². The molecule has 1 aliphatic heterocycles. The average Bonchev–Trinajstić information content (AvgIpc) is 3.26. The molecular weight excluding hydrogens is 372 g/mol. The summed E-state index contributed by atoms with van der Waals surface area (Å²) in [5, 5.41) is 16.7. The molecule has 0 bridgehead atoms. The Kier molecular flexibility index (Phi) is 6.15. The Morgan fingerprint density at radius 2 is 2.03 bits per heavy atom. The molecular formula is C20H28N6O3. The summed E-state index contributed by atoms with van der Waals surface area (Å²) in [6.07, 6.45) is 10.0. The highest BCUT2D eigenvalue weighted by Gasteiger charge is 2.27. The van der Waals surface area contributed by atoms with Crippen LogP contribution in [0, 0.1) is 5.92 Å². The Morgan fingerprint density at radius 3 is 2.83 bits per heavy atom. The molecule has 2 aliphatic rings. The van der Waals surface area contributed by atoms with Gasteiger partial charge in [0.05, 0.1) is 24.5 Å². The van der Waals surface area contributed by atoms with E-state index in [0.717, 1.165) is 17.8 Å². The van der Waals surface area contributed by atoms with Gasteiger partial charge in [-0.15, -0.1) is 10.2 Å². The minimum Gasteiger partial charge on any atom is -0.349 e. The van der Waals surface area contributed by atoms with Crippen LogP contribution in [-0.2, 0) is 33.8 Å². The zero-order chi connectivity index (χ0) is 20.2. The summed E-state index contributed by atoms with van der Waals surface area (Å²) in [6, 6.07) is 0. The molecule has 1 aliphatic carbocycles. The van der Waals surface area contributed by atoms with Crippen molar-refractivity contribution in [2.45, 2.75) is 70.9 Å². The number of aryl methyl sites for hydroxylation is 2. The summed E-state index contributed by atoms with van der Waals surface area (Å²) in [5.41, 5.74) is 1.93. The second kappa shape index (κ2) is 8.96. The molecule has 1 saturated carbocycles. The van der Waals surface area contributed by atoms with Crippen LogP contribution in [-0.4, -0.2) is 54.8 Å². The molecule has 0 amide bonds. The fourth-order valence-electron chi connectivity index (χ4n) is 3.13. The molecule has 0 radical (unpaired) electrons. The predicted octanol–water partition coefficient (Wildman–Crippen LogP) is 1.90. The molecule has 2 atom stereocenters. The van der Waals surface area contributed by atoms with Gasteiger partial charge in [-0.05, 0) is 37.3 Å². The van der Waals surface area contributed by atoms with Crippen LogP contribution in [0.15, 0.2) is 24.5 Å². The van der Waals surface area contributed by atoms with E-state index in [-0.39, 0.29) is 5.78 Å². The van der Waals surface area contributed by atoms with Crippen molar-refractivity contribution >= 4 is 5.78 Å². The Bertz CT molecular complexity index is 854. The highest BCUT2D eigenvalue weighted by atomic mass is 16.7. The summed E-state index contributed by atoms with van der Waals surface area (Å²) in [7, 11) is 0. The van der Waals surface area contributed by atoms with Crippen molar-refractivity contribution in [3.8, 4) is 0 Å². The predicted molar refractivity (Wildman–Crippen MR) is 104 cm³/mol. The smallest absolute Gasteiger partial charge is 0.186 e. The monoisotopic (exact) mass is 400 g/mol. The second-order valence-corrected chi connectivity index (χ2v) is 8.17. The van der Waals surface area contributed by atoms with Crippen LogP contribution in [0.4, 0.5) is 0 Å². The van der Waals surface area contributed by atoms with Crippen molar-refractivity contribution in [2.75, 3.05) is 6.61 Å². The normalized spacial score (nSPS) is 22.0. The first-order chi connectivity index (χ1) is 14.1. The van der Waals surface area contributed by atoms with Crippen molar-refractivity contribution in [1.29, 1.82) is 0 Å². The van der Waals surface area contributed by atoms with E-state index in [1.807, 2.05) is 17.1 Å². The molecule has 4 rings (SSSR count). The molecule has 0 N–H and O–H groups in total. The number of nitrogens with zero attached hydrogens (tertiary/aromatic N) is 6. The van der Waals surface area contributed by atoms with E-state index in [9.17, 15) is 4.79 Å². The lowest BCUT2D eigenvalue weighted by Crippen LogP contribution is -2.36. The van der Waals surface area contributed by atoms with E-state index in [1.54, 1.807) is 10.8 Å². The van der Waals surface area contributed by atoms with E-state index in [0.29, 0.717) is 38.0 Å². The average molecular weight is 400 g/mol. The van der Waals surface area contributed by atoms with Gasteiger partial charge in [-0.25, -0.2) is 4.68 Å². The largest absolute Gasteiger partial charge is 0.349 e. The maximum absolute atomic E-state index is 12.2. The Morgan fingerprint density at radius 1 is 1.21 bits per heavy atom. The number of hydrogen-bond acceptors (Lipinski definition) is 7. The van der Waals surface area contributed by atoms with Crippen LogP contribution in [0.1, 0.15) is 50.4 Å². The van der Waals surface area contributed by atoms with Gasteiger partial charge in [-0.2, -0.15) is 0 Å². The first kappa shape index (κ1) is 19.9. The van der Waals surface area contributed by atoms with Crippen LogP contribution in [0.2, 0.25) is 0 Å². The molecule has 2 aromatic rings. The third kappa shape index (κ3) is 5.57. The highest BCUT2D eigenvalue weighted by Crippen LogP contribution is 2.38. The summed E-state index contributed by atoms with van der Waals surface area (Å²) in [4.78, 5) is 12.2. The fourth-order valence-corrected chi connectivity index (χ4v) is 3.13. The lowest BCUT2D eigenvalue weighted by molar-refractivity contribution is -0.166. The second-order valence-electron chi connectivity index (χ2n) is 8.17. The molecule has 9 heteroatoms. The van der Waals surface area contributed by atoms with Crippen molar-refractivity contribution in [2.24, 2.45) is 5.92 Å². The zero-order valence-electron chi connectivity index (χ0n) is 17.0. The minimum absolute atomic E-state index is 0.0824. The summed E-state index contributed by atoms with van der Waals surface area (Å²) >= 11 is 0. The van der Waals surface area contributed by atoms with Gasteiger partial charge in [0.15, 0.2) is 12.1 Å². The standard InChI is InChI=1S/C20H28N6O3/c1-14(2)8-10-28-20-6-5-18(27)19(29-20)13-26-11-16(21-23-26)7-9-25-12-17(22-24-25)15-3-4-15/h5-6,11-12,14-15,19-20H,3-4,7-10,13H2,1-2H3/t19-,20+/m1/s1. The van der Waals surface area contributed by atoms with E-state index >= 15 is 0 Å². The minimum atomic E-state index is -0.616. The van der Waals surface area contributed by atoms with Gasteiger partial charge < -0.3 is 9.47 Å². The molecule has 3 heterocycles. The Hall–Kier alpha value is -2.39. The van der Waals surface area contributed by atoms with Crippen molar-refractivity contribution in [3.05, 3.63) is 35.9 Å². The Balaban J connectivity index is 1.26. The quantitative estimate of drug-likeness (QED) is 0.601. The summed E-state index contributed by atoms with van der Waals surface area (Å²) < 4.78 is 15.0. The van der Waals surface area contributed by atoms with Crippen LogP contribution >= 0.6 is 0 Å². The molecule has 2 aromatic heterocycles. The molecule has 0 saturated heterocycles. The first-order valence-electron chi connectivity index (χ1n) is 10.3. The van der Waals surface area contributed by atoms with Crippen LogP contribution < -0.4 is 0 Å². The maximum atomic E-state index is 12.2. The highest BCUT2D eigenvalue weighted by molar-refractivity contribution is 5.94. The van der Waals surface area contributed by atoms with Gasteiger partial charge in [0, 0.05) is 31.3 Å². The van der Waals surface area contributed by atoms with Crippen LogP contribution in [0.3, 0.4) is 0 Å². The van der Waals surface area contributed by atoms with Crippen molar-refractivity contribution in [1.82, 2.24) is 30.0 Å². The van der Waals surface area contributed by atoms with Gasteiger partial charge in [0.2, 0.25) is 0 Å². The molecule has 9 nitrogen and oxygen atoms in total. The number of carbonyl (C=O) groups is 1. The van der Waals surface area contributed by atoms with Gasteiger partial charge >= 0.3 is 0 Å². The molecule has 0 unspecified atom stereocenters. The molecule has 1 fully saturated rings. The number of hydrogen-bond donors (Lipinski definition) is 0. The van der Waals surface area contributed by atoms with E-state index in [2.05, 4.69) is 34.5 Å². The lowest BCUT2D eigenvalue weighted by Gasteiger charge is -2.25. The summed E-state index contributed by atoms with van der Waals surface area (Å²) in [6.45, 7) is 5.90. The van der Waals surface area contributed by atoms with Gasteiger partial charge in [-0.1, -0.05) is 24.3 Å². The third-order valence-electron chi connectivity index (χ3n) is 5.10. The number of ether oxygens (including phenoxy) is 2. The molecule has 156 valence electrons. The van der Waals surface area contributed by atoms with Crippen LogP contribution in [0.5, 0.6) is 0 Å². The van der Waals surface area contributed by atoms with Gasteiger partial charge in [-0.3, -0.25) is 9.48 Å². The number of aromatic nitrogens is 6. The third-order valence-corrected chi connectivity index (χ3v) is 5.10. The number of ketones is 1. The molecule has 29 heavy (non-hydrogen) atoms. The molecule has 0 spiro atoms. The van der Waals surface area contributed by atoms with E-state index in [1.165, 1.54) is 18.9 Å². The summed E-state index contributed by atoms with van der Waals surface area (Å²) in [5.74, 6) is 1.08. The SMILES string of the molecule is CC(C)CCO[C@@H]1C=CC(=O)[C@@H](Cn2cc(CCn3cc(C4CC4)nn3)nn2)O1. The van der Waals surface area contributed by atoms with Crippen molar-refractivity contribution < 1.29 is 14.3 Å². The lowest BCUT2D eigenvalue weighted by atomic mass is 10.1. The molecule has 0 aromatic carbocycles. The van der Waals surface area contributed by atoms with Crippen molar-refractivity contribution in [3.63, 3.8) is 0 Å². The van der Waals surface area contributed by atoms with Crippen LogP contribution in [0.25, 0.3) is 0 Å². The number of rotatable bonds is 10. The fraction of sp³-hybridized carbons (Fsp3) is 0.650. The van der Waals surface area contributed by atoms with E-state index < -0.39 is 12.4 Å². The zero-order valence-corrected chi connectivity index (χ0v) is 17.0.